The summed E-state index contributed by atoms with van der Waals surface area (Å²) < 4.78 is 1.64. The highest BCUT2D eigenvalue weighted by Crippen LogP contribution is 2.27. The van der Waals surface area contributed by atoms with Gasteiger partial charge in [-0.2, -0.15) is 0 Å². The van der Waals surface area contributed by atoms with Crippen molar-refractivity contribution in [2.75, 3.05) is 6.54 Å². The molecule has 0 atom stereocenters. The van der Waals surface area contributed by atoms with E-state index in [4.69, 9.17) is 0 Å². The van der Waals surface area contributed by atoms with Gasteiger partial charge in [-0.15, -0.1) is 5.10 Å². The van der Waals surface area contributed by atoms with E-state index in [-0.39, 0.29) is 5.69 Å². The summed E-state index contributed by atoms with van der Waals surface area (Å²) in [5.74, 6) is -1.05. The number of carboxylic acid groups (broad SMARTS) is 1. The van der Waals surface area contributed by atoms with Crippen LogP contribution < -0.4 is 0 Å². The lowest BCUT2D eigenvalue weighted by molar-refractivity contribution is 0.0689. The number of benzene rings is 1. The van der Waals surface area contributed by atoms with Crippen LogP contribution in [0, 0.1) is 6.92 Å². The van der Waals surface area contributed by atoms with E-state index in [0.29, 0.717) is 5.69 Å². The molecule has 7 nitrogen and oxygen atoms in total. The smallest absolute Gasteiger partial charge is 0.358 e. The Balaban J connectivity index is 1.62. The summed E-state index contributed by atoms with van der Waals surface area (Å²) in [6, 6.07) is 10.2. The van der Waals surface area contributed by atoms with Crippen LogP contribution in [0.1, 0.15) is 32.9 Å². The van der Waals surface area contributed by atoms with Crippen molar-refractivity contribution < 1.29 is 9.90 Å². The summed E-state index contributed by atoms with van der Waals surface area (Å²) in [7, 11) is 0. The minimum absolute atomic E-state index is 0.00211. The second-order valence-corrected chi connectivity index (χ2v) is 6.47. The minimum atomic E-state index is -1.05. The van der Waals surface area contributed by atoms with E-state index in [0.717, 1.165) is 31.7 Å². The lowest BCUT2D eigenvalue weighted by atomic mass is 9.97. The van der Waals surface area contributed by atoms with Crippen molar-refractivity contribution in [3.8, 4) is 5.69 Å². The molecule has 7 heteroatoms. The maximum atomic E-state index is 11.2. The Morgan fingerprint density at radius 3 is 2.77 bits per heavy atom. The van der Waals surface area contributed by atoms with E-state index >= 15 is 0 Å². The Kier molecular flexibility index (Phi) is 4.22. The van der Waals surface area contributed by atoms with Crippen molar-refractivity contribution in [2.45, 2.75) is 26.4 Å². The molecule has 0 spiro atoms. The molecule has 0 aliphatic carbocycles. The molecule has 1 N–H and O–H groups in total. The third kappa shape index (κ3) is 2.97. The fraction of sp³-hybridized carbons (Fsp3) is 0.263. The number of rotatable bonds is 4. The number of carboxylic acids is 1. The average Bonchev–Trinajstić information content (AvgIpc) is 3.03. The molecule has 1 aliphatic rings. The molecule has 0 radical (unpaired) electrons. The molecule has 0 amide bonds. The molecule has 4 rings (SSSR count). The number of aromatic carboxylic acids is 1. The minimum Gasteiger partial charge on any atom is -0.476 e. The Labute approximate surface area is 150 Å². The van der Waals surface area contributed by atoms with Gasteiger partial charge in [-0.3, -0.25) is 9.88 Å². The molecule has 1 aliphatic heterocycles. The highest BCUT2D eigenvalue weighted by atomic mass is 16.4. The molecule has 26 heavy (non-hydrogen) atoms. The summed E-state index contributed by atoms with van der Waals surface area (Å²) in [6.45, 7) is 4.41. The van der Waals surface area contributed by atoms with Gasteiger partial charge in [-0.1, -0.05) is 17.3 Å². The summed E-state index contributed by atoms with van der Waals surface area (Å²) in [5, 5.41) is 17.1. The predicted octanol–water partition coefficient (Wildman–Crippen LogP) is 2.23. The molecule has 3 heterocycles. The first-order valence-electron chi connectivity index (χ1n) is 8.51. The number of aromatic nitrogens is 4. The van der Waals surface area contributed by atoms with E-state index < -0.39 is 5.97 Å². The summed E-state index contributed by atoms with van der Waals surface area (Å²) in [5.41, 5.74) is 5.17. The quantitative estimate of drug-likeness (QED) is 0.777. The third-order valence-electron chi connectivity index (χ3n) is 4.80. The standard InChI is InChI=1S/C19H19N5O2/c1-13-18(19(25)26)21-22-24(13)17-4-2-3-15-12-23(10-7-16(15)17)11-14-5-8-20-9-6-14/h2-6,8-9H,7,10-12H2,1H3,(H,25,26). The molecule has 132 valence electrons. The number of carbonyl (C=O) groups is 1. The number of hydrogen-bond donors (Lipinski definition) is 1. The van der Waals surface area contributed by atoms with Crippen LogP contribution in [0.2, 0.25) is 0 Å². The van der Waals surface area contributed by atoms with Gasteiger partial charge < -0.3 is 5.11 Å². The van der Waals surface area contributed by atoms with Gasteiger partial charge in [0.2, 0.25) is 0 Å². The molecule has 0 fully saturated rings. The number of fused-ring (bicyclic) bond motifs is 1. The zero-order chi connectivity index (χ0) is 18.1. The molecule has 1 aromatic carbocycles. The van der Waals surface area contributed by atoms with Gasteiger partial charge in [0.05, 0.1) is 11.4 Å². The average molecular weight is 349 g/mol. The largest absolute Gasteiger partial charge is 0.476 e. The predicted molar refractivity (Wildman–Crippen MR) is 95.1 cm³/mol. The van der Waals surface area contributed by atoms with E-state index in [9.17, 15) is 9.90 Å². The van der Waals surface area contributed by atoms with Crippen LogP contribution in [0.3, 0.4) is 0 Å². The molecule has 0 saturated carbocycles. The van der Waals surface area contributed by atoms with Crippen molar-refractivity contribution in [2.24, 2.45) is 0 Å². The van der Waals surface area contributed by atoms with Crippen LogP contribution in [0.25, 0.3) is 5.69 Å². The molecule has 0 saturated heterocycles. The second-order valence-electron chi connectivity index (χ2n) is 6.47. The Bertz CT molecular complexity index is 952. The fourth-order valence-electron chi connectivity index (χ4n) is 3.48. The normalized spacial score (nSPS) is 14.2. The summed E-state index contributed by atoms with van der Waals surface area (Å²) in [4.78, 5) is 17.7. The topological polar surface area (TPSA) is 84.1 Å². The van der Waals surface area contributed by atoms with Crippen molar-refractivity contribution >= 4 is 5.97 Å². The highest BCUT2D eigenvalue weighted by molar-refractivity contribution is 5.86. The van der Waals surface area contributed by atoms with Gasteiger partial charge in [-0.05, 0) is 48.2 Å². The first-order chi connectivity index (χ1) is 12.6. The highest BCUT2D eigenvalue weighted by Gasteiger charge is 2.22. The van der Waals surface area contributed by atoms with Crippen LogP contribution in [-0.4, -0.2) is 42.5 Å². The molecule has 2 aromatic heterocycles. The Morgan fingerprint density at radius 2 is 2.04 bits per heavy atom. The van der Waals surface area contributed by atoms with Gasteiger partial charge in [0.15, 0.2) is 5.69 Å². The maximum absolute atomic E-state index is 11.2. The number of hydrogen-bond acceptors (Lipinski definition) is 5. The van der Waals surface area contributed by atoms with Gasteiger partial charge >= 0.3 is 5.97 Å². The molecule has 0 bridgehead atoms. The number of nitrogens with zero attached hydrogens (tertiary/aromatic N) is 5. The monoisotopic (exact) mass is 349 g/mol. The van der Waals surface area contributed by atoms with Crippen molar-refractivity contribution in [1.29, 1.82) is 0 Å². The van der Waals surface area contributed by atoms with Crippen LogP contribution in [0.15, 0.2) is 42.7 Å². The number of pyridine rings is 1. The van der Waals surface area contributed by atoms with E-state index in [1.165, 1.54) is 16.7 Å². The second kappa shape index (κ2) is 6.68. The Morgan fingerprint density at radius 1 is 1.23 bits per heavy atom. The van der Waals surface area contributed by atoms with Gasteiger partial charge in [-0.25, -0.2) is 9.48 Å². The van der Waals surface area contributed by atoms with Crippen LogP contribution in [-0.2, 0) is 19.5 Å². The van der Waals surface area contributed by atoms with Crippen LogP contribution >= 0.6 is 0 Å². The van der Waals surface area contributed by atoms with Crippen LogP contribution in [0.4, 0.5) is 0 Å². The van der Waals surface area contributed by atoms with Gasteiger partial charge in [0, 0.05) is 32.0 Å². The van der Waals surface area contributed by atoms with Crippen LogP contribution in [0.5, 0.6) is 0 Å². The first-order valence-corrected chi connectivity index (χ1v) is 8.51. The SMILES string of the molecule is Cc1c(C(=O)O)nnn1-c1cccc2c1CCN(Cc1ccncc1)C2. The third-order valence-corrected chi connectivity index (χ3v) is 4.80. The zero-order valence-electron chi connectivity index (χ0n) is 14.5. The maximum Gasteiger partial charge on any atom is 0.358 e. The fourth-order valence-corrected chi connectivity index (χ4v) is 3.48. The Hall–Kier alpha value is -3.06. The van der Waals surface area contributed by atoms with Gasteiger partial charge in [0.1, 0.15) is 0 Å². The van der Waals surface area contributed by atoms with E-state index in [2.05, 4.69) is 26.3 Å². The van der Waals surface area contributed by atoms with Crippen molar-refractivity contribution in [3.63, 3.8) is 0 Å². The lowest BCUT2D eigenvalue weighted by Gasteiger charge is -2.30. The van der Waals surface area contributed by atoms with E-state index in [1.807, 2.05) is 36.7 Å². The van der Waals surface area contributed by atoms with Gasteiger partial charge in [0.25, 0.3) is 0 Å². The van der Waals surface area contributed by atoms with E-state index in [1.54, 1.807) is 11.6 Å². The molecule has 3 aromatic rings. The first kappa shape index (κ1) is 16.4. The lowest BCUT2D eigenvalue weighted by Crippen LogP contribution is -2.30. The van der Waals surface area contributed by atoms with Crippen molar-refractivity contribution in [3.05, 3.63) is 70.8 Å². The summed E-state index contributed by atoms with van der Waals surface area (Å²) in [6.07, 6.45) is 4.52. The zero-order valence-corrected chi connectivity index (χ0v) is 14.5. The molecular weight excluding hydrogens is 330 g/mol. The molecule has 0 unspecified atom stereocenters. The summed E-state index contributed by atoms with van der Waals surface area (Å²) >= 11 is 0. The molecular formula is C19H19N5O2. The van der Waals surface area contributed by atoms with Crippen molar-refractivity contribution in [1.82, 2.24) is 24.9 Å².